The first-order chi connectivity index (χ1) is 15.0. The van der Waals surface area contributed by atoms with E-state index in [9.17, 15) is 9.59 Å². The van der Waals surface area contributed by atoms with Crippen molar-refractivity contribution in [2.24, 2.45) is 0 Å². The molecule has 7 heteroatoms. The van der Waals surface area contributed by atoms with Crippen molar-refractivity contribution in [3.8, 4) is 0 Å². The molecular formula is C24H28Cl2N2O2S. The second kappa shape index (κ2) is 11.8. The Morgan fingerprint density at radius 2 is 1.71 bits per heavy atom. The summed E-state index contributed by atoms with van der Waals surface area (Å²) in [6.07, 6.45) is 4.26. The maximum absolute atomic E-state index is 13.2. The van der Waals surface area contributed by atoms with Crippen molar-refractivity contribution in [2.45, 2.75) is 57.0 Å². The van der Waals surface area contributed by atoms with Crippen LogP contribution in [0.5, 0.6) is 0 Å². The molecule has 0 unspecified atom stereocenters. The summed E-state index contributed by atoms with van der Waals surface area (Å²) in [5, 5.41) is 4.09. The lowest BCUT2D eigenvalue weighted by Crippen LogP contribution is -2.50. The lowest BCUT2D eigenvalue weighted by Gasteiger charge is -2.30. The van der Waals surface area contributed by atoms with Gasteiger partial charge < -0.3 is 10.2 Å². The van der Waals surface area contributed by atoms with E-state index in [4.69, 9.17) is 23.2 Å². The molecular weight excluding hydrogens is 451 g/mol. The van der Waals surface area contributed by atoms with Gasteiger partial charge in [-0.15, -0.1) is 11.8 Å². The summed E-state index contributed by atoms with van der Waals surface area (Å²) >= 11 is 14.2. The molecule has 166 valence electrons. The normalized spacial score (nSPS) is 14.9. The predicted molar refractivity (Wildman–Crippen MR) is 129 cm³/mol. The Labute approximate surface area is 198 Å². The Balaban J connectivity index is 1.70. The molecule has 4 nitrogen and oxygen atoms in total. The van der Waals surface area contributed by atoms with Gasteiger partial charge in [0.2, 0.25) is 11.8 Å². The van der Waals surface area contributed by atoms with Crippen molar-refractivity contribution >= 4 is 46.8 Å². The van der Waals surface area contributed by atoms with Crippen LogP contribution in [0, 0.1) is 0 Å². The number of carbonyl (C=O) groups is 2. The van der Waals surface area contributed by atoms with Crippen molar-refractivity contribution in [1.82, 2.24) is 10.2 Å². The fourth-order valence-electron chi connectivity index (χ4n) is 3.74. The van der Waals surface area contributed by atoms with E-state index in [0.717, 1.165) is 37.0 Å². The Bertz CT molecular complexity index is 868. The molecule has 0 spiro atoms. The van der Waals surface area contributed by atoms with Crippen molar-refractivity contribution in [3.05, 3.63) is 69.7 Å². The Kier molecular flexibility index (Phi) is 9.12. The van der Waals surface area contributed by atoms with Gasteiger partial charge in [-0.1, -0.05) is 72.4 Å². The topological polar surface area (TPSA) is 49.4 Å². The molecule has 0 aromatic heterocycles. The van der Waals surface area contributed by atoms with E-state index in [-0.39, 0.29) is 30.2 Å². The molecule has 2 amide bonds. The number of carbonyl (C=O) groups excluding carboxylic acids is 2. The second-order valence-corrected chi connectivity index (χ2v) is 9.67. The lowest BCUT2D eigenvalue weighted by molar-refractivity contribution is -0.138. The van der Waals surface area contributed by atoms with E-state index >= 15 is 0 Å². The molecule has 0 aliphatic heterocycles. The lowest BCUT2D eigenvalue weighted by atomic mass is 10.1. The number of benzene rings is 2. The minimum absolute atomic E-state index is 0.106. The summed E-state index contributed by atoms with van der Waals surface area (Å²) in [6.45, 7) is 1.97. The van der Waals surface area contributed by atoms with E-state index in [1.165, 1.54) is 11.8 Å². The molecule has 2 aromatic rings. The highest BCUT2D eigenvalue weighted by molar-refractivity contribution is 7.99. The molecule has 0 radical (unpaired) electrons. The van der Waals surface area contributed by atoms with E-state index in [1.807, 2.05) is 30.3 Å². The summed E-state index contributed by atoms with van der Waals surface area (Å²) in [7, 11) is 0. The highest BCUT2D eigenvalue weighted by Crippen LogP contribution is 2.27. The van der Waals surface area contributed by atoms with Gasteiger partial charge in [-0.3, -0.25) is 9.59 Å². The molecule has 1 saturated carbocycles. The van der Waals surface area contributed by atoms with Gasteiger partial charge in [0, 0.05) is 33.9 Å². The highest BCUT2D eigenvalue weighted by Gasteiger charge is 2.29. The largest absolute Gasteiger partial charge is 0.352 e. The highest BCUT2D eigenvalue weighted by atomic mass is 35.5. The van der Waals surface area contributed by atoms with Crippen molar-refractivity contribution in [2.75, 3.05) is 5.75 Å². The number of hydrogen-bond donors (Lipinski definition) is 1. The summed E-state index contributed by atoms with van der Waals surface area (Å²) in [6, 6.07) is 14.9. The molecule has 1 atom stereocenters. The first kappa shape index (κ1) is 24.0. The number of nitrogens with zero attached hydrogens (tertiary/aromatic N) is 1. The molecule has 31 heavy (non-hydrogen) atoms. The molecule has 0 saturated heterocycles. The second-order valence-electron chi connectivity index (χ2n) is 7.87. The molecule has 1 N–H and O–H groups in total. The van der Waals surface area contributed by atoms with Gasteiger partial charge in [0.1, 0.15) is 6.04 Å². The van der Waals surface area contributed by atoms with Crippen molar-refractivity contribution < 1.29 is 9.59 Å². The first-order valence-corrected chi connectivity index (χ1v) is 12.5. The number of hydrogen-bond acceptors (Lipinski definition) is 3. The zero-order valence-corrected chi connectivity index (χ0v) is 20.0. The van der Waals surface area contributed by atoms with Crippen LogP contribution in [0.4, 0.5) is 0 Å². The SMILES string of the molecule is C[C@@H](C(=O)NC1CCCC1)N(Cc1c(Cl)cccc1Cl)C(=O)CSCc1ccccc1. The average molecular weight is 479 g/mol. The molecule has 2 aromatic carbocycles. The van der Waals surface area contributed by atoms with Crippen LogP contribution in [0.25, 0.3) is 0 Å². The van der Waals surface area contributed by atoms with Crippen LogP contribution >= 0.6 is 35.0 Å². The molecule has 3 rings (SSSR count). The average Bonchev–Trinajstić information content (AvgIpc) is 3.27. The fraction of sp³-hybridized carbons (Fsp3) is 0.417. The van der Waals surface area contributed by atoms with Gasteiger partial charge in [0.15, 0.2) is 0 Å². The third-order valence-corrected chi connectivity index (χ3v) is 7.29. The summed E-state index contributed by atoms with van der Waals surface area (Å²) in [5.74, 6) is 0.774. The van der Waals surface area contributed by atoms with Gasteiger partial charge in [-0.2, -0.15) is 0 Å². The summed E-state index contributed by atoms with van der Waals surface area (Å²) in [4.78, 5) is 27.7. The molecule has 1 aliphatic carbocycles. The van der Waals surface area contributed by atoms with Gasteiger partial charge in [0.25, 0.3) is 0 Å². The van der Waals surface area contributed by atoms with Gasteiger partial charge in [-0.05, 0) is 37.5 Å². The van der Waals surface area contributed by atoms with Crippen molar-refractivity contribution in [3.63, 3.8) is 0 Å². The maximum Gasteiger partial charge on any atom is 0.242 e. The van der Waals surface area contributed by atoms with Crippen molar-refractivity contribution in [1.29, 1.82) is 0 Å². The van der Waals surface area contributed by atoms with Gasteiger partial charge in [-0.25, -0.2) is 0 Å². The maximum atomic E-state index is 13.2. The van der Waals surface area contributed by atoms with Crippen LogP contribution in [-0.4, -0.2) is 34.6 Å². The zero-order chi connectivity index (χ0) is 22.2. The molecule has 1 aliphatic rings. The van der Waals surface area contributed by atoms with E-state index in [2.05, 4.69) is 5.32 Å². The fourth-order valence-corrected chi connectivity index (χ4v) is 5.13. The number of thioether (sulfide) groups is 1. The first-order valence-electron chi connectivity index (χ1n) is 10.6. The van der Waals surface area contributed by atoms with Crippen LogP contribution in [0.2, 0.25) is 10.0 Å². The number of rotatable bonds is 9. The molecule has 1 fully saturated rings. The minimum Gasteiger partial charge on any atom is -0.352 e. The van der Waals surface area contributed by atoms with Crippen LogP contribution in [0.15, 0.2) is 48.5 Å². The monoisotopic (exact) mass is 478 g/mol. The zero-order valence-electron chi connectivity index (χ0n) is 17.7. The van der Waals surface area contributed by atoms with Crippen LogP contribution in [0.1, 0.15) is 43.7 Å². The predicted octanol–water partition coefficient (Wildman–Crippen LogP) is 5.70. The number of halogens is 2. The van der Waals surface area contributed by atoms with E-state index < -0.39 is 6.04 Å². The smallest absolute Gasteiger partial charge is 0.242 e. The molecule has 0 bridgehead atoms. The Morgan fingerprint density at radius 3 is 2.35 bits per heavy atom. The third kappa shape index (κ3) is 6.90. The minimum atomic E-state index is -0.613. The van der Waals surface area contributed by atoms with Gasteiger partial charge in [0.05, 0.1) is 5.75 Å². The van der Waals surface area contributed by atoms with Gasteiger partial charge >= 0.3 is 0 Å². The quantitative estimate of drug-likeness (QED) is 0.502. The van der Waals surface area contributed by atoms with E-state index in [0.29, 0.717) is 15.6 Å². The summed E-state index contributed by atoms with van der Waals surface area (Å²) < 4.78 is 0. The number of nitrogens with one attached hydrogen (secondary N) is 1. The van der Waals surface area contributed by atoms with Crippen LogP contribution < -0.4 is 5.32 Å². The standard InChI is InChI=1S/C24H28Cl2N2O2S/c1-17(24(30)27-19-10-5-6-11-19)28(14-20-21(25)12-7-13-22(20)26)23(29)16-31-15-18-8-3-2-4-9-18/h2-4,7-9,12-13,17,19H,5-6,10-11,14-16H2,1H3,(H,27,30)/t17-/m0/s1. The number of amides is 2. The third-order valence-electron chi connectivity index (χ3n) is 5.60. The Hall–Kier alpha value is -1.69. The van der Waals surface area contributed by atoms with Crippen LogP contribution in [0.3, 0.4) is 0 Å². The van der Waals surface area contributed by atoms with E-state index in [1.54, 1.807) is 30.0 Å². The summed E-state index contributed by atoms with van der Waals surface area (Å²) in [5.41, 5.74) is 1.82. The van der Waals surface area contributed by atoms with Crippen LogP contribution in [-0.2, 0) is 21.9 Å². The Morgan fingerprint density at radius 1 is 1.06 bits per heavy atom. The molecule has 0 heterocycles.